The summed E-state index contributed by atoms with van der Waals surface area (Å²) < 4.78 is 17.5. The van der Waals surface area contributed by atoms with E-state index in [-0.39, 0.29) is 11.2 Å². The van der Waals surface area contributed by atoms with Crippen molar-refractivity contribution in [3.63, 3.8) is 0 Å². The topological polar surface area (TPSA) is 80.5 Å². The number of nitrogens with zero attached hydrogens (tertiary/aromatic N) is 4. The minimum absolute atomic E-state index is 0.152. The highest BCUT2D eigenvalue weighted by Gasteiger charge is 2.19. The van der Waals surface area contributed by atoms with Crippen LogP contribution in [0.3, 0.4) is 0 Å². The Balaban J connectivity index is 1.79. The minimum Gasteiger partial charge on any atom is -0.351 e. The number of aromatic amines is 1. The summed E-state index contributed by atoms with van der Waals surface area (Å²) in [5.41, 5.74) is 3.08. The first-order chi connectivity index (χ1) is 14.4. The fraction of sp³-hybridized carbons (Fsp3) is 0.0952. The summed E-state index contributed by atoms with van der Waals surface area (Å²) in [7, 11) is 3.43. The van der Waals surface area contributed by atoms with E-state index in [4.69, 9.17) is 16.6 Å². The fourth-order valence-electron chi connectivity index (χ4n) is 3.54. The smallest absolute Gasteiger partial charge is 0.261 e. The molecule has 150 valence electrons. The van der Waals surface area contributed by atoms with Gasteiger partial charge in [0.25, 0.3) is 5.56 Å². The van der Waals surface area contributed by atoms with Crippen molar-refractivity contribution in [1.82, 2.24) is 24.3 Å². The van der Waals surface area contributed by atoms with Gasteiger partial charge in [0.15, 0.2) is 0 Å². The summed E-state index contributed by atoms with van der Waals surface area (Å²) in [6.07, 6.45) is 5.16. The molecule has 30 heavy (non-hydrogen) atoms. The molecule has 7 nitrogen and oxygen atoms in total. The SMILES string of the molecule is Cn1cc2c(=O)n(C)cc(-c3nc4[nH]ccc4cc3Nc3ccc(Cl)cc3F)c2n1. The highest BCUT2D eigenvalue weighted by atomic mass is 35.5. The predicted octanol–water partition coefficient (Wildman–Crippen LogP) is 4.35. The van der Waals surface area contributed by atoms with Crippen LogP contribution >= 0.6 is 11.6 Å². The largest absolute Gasteiger partial charge is 0.351 e. The second-order valence-electron chi connectivity index (χ2n) is 7.07. The highest BCUT2D eigenvalue weighted by molar-refractivity contribution is 6.30. The average Bonchev–Trinajstić information content (AvgIpc) is 3.32. The molecule has 0 aliphatic heterocycles. The Morgan fingerprint density at radius 2 is 1.97 bits per heavy atom. The number of pyridine rings is 2. The van der Waals surface area contributed by atoms with Gasteiger partial charge in [-0.2, -0.15) is 5.10 Å². The molecule has 0 amide bonds. The summed E-state index contributed by atoms with van der Waals surface area (Å²) in [5, 5.41) is 9.24. The molecule has 4 heterocycles. The Morgan fingerprint density at radius 1 is 1.13 bits per heavy atom. The molecule has 0 radical (unpaired) electrons. The van der Waals surface area contributed by atoms with E-state index in [0.29, 0.717) is 38.5 Å². The van der Waals surface area contributed by atoms with Crippen molar-refractivity contribution in [1.29, 1.82) is 0 Å². The lowest BCUT2D eigenvalue weighted by Gasteiger charge is -2.14. The monoisotopic (exact) mass is 422 g/mol. The van der Waals surface area contributed by atoms with E-state index in [1.54, 1.807) is 49.5 Å². The van der Waals surface area contributed by atoms with Crippen molar-refractivity contribution in [2.24, 2.45) is 14.1 Å². The Bertz CT molecular complexity index is 1500. The van der Waals surface area contributed by atoms with E-state index >= 15 is 0 Å². The third-order valence-electron chi connectivity index (χ3n) is 4.95. The van der Waals surface area contributed by atoms with Gasteiger partial charge in [0, 0.05) is 48.7 Å². The fourth-order valence-corrected chi connectivity index (χ4v) is 3.70. The van der Waals surface area contributed by atoms with Gasteiger partial charge in [0.05, 0.1) is 22.5 Å². The van der Waals surface area contributed by atoms with Crippen LogP contribution in [0.5, 0.6) is 0 Å². The van der Waals surface area contributed by atoms with Gasteiger partial charge in [-0.15, -0.1) is 0 Å². The third kappa shape index (κ3) is 2.93. The molecular formula is C21H16ClFN6O. The van der Waals surface area contributed by atoms with Crippen LogP contribution in [-0.4, -0.2) is 24.3 Å². The van der Waals surface area contributed by atoms with Gasteiger partial charge in [-0.05, 0) is 30.3 Å². The maximum Gasteiger partial charge on any atom is 0.261 e. The molecule has 0 bridgehead atoms. The van der Waals surface area contributed by atoms with Crippen LogP contribution in [0.15, 0.2) is 53.7 Å². The first-order valence-electron chi connectivity index (χ1n) is 9.14. The number of fused-ring (bicyclic) bond motifs is 2. The zero-order valence-corrected chi connectivity index (χ0v) is 16.8. The quantitative estimate of drug-likeness (QED) is 0.453. The molecule has 0 fully saturated rings. The molecule has 1 aromatic carbocycles. The summed E-state index contributed by atoms with van der Waals surface area (Å²) in [6, 6.07) is 8.18. The summed E-state index contributed by atoms with van der Waals surface area (Å²) in [6.45, 7) is 0. The number of rotatable bonds is 3. The number of anilines is 2. The van der Waals surface area contributed by atoms with E-state index in [1.807, 2.05) is 12.1 Å². The van der Waals surface area contributed by atoms with Crippen LogP contribution in [0.1, 0.15) is 0 Å². The molecule has 2 N–H and O–H groups in total. The van der Waals surface area contributed by atoms with Crippen LogP contribution < -0.4 is 10.9 Å². The van der Waals surface area contributed by atoms with Gasteiger partial charge in [0.2, 0.25) is 0 Å². The van der Waals surface area contributed by atoms with Gasteiger partial charge in [-0.3, -0.25) is 9.48 Å². The van der Waals surface area contributed by atoms with Crippen molar-refractivity contribution in [3.8, 4) is 11.3 Å². The predicted molar refractivity (Wildman–Crippen MR) is 116 cm³/mol. The molecule has 0 aliphatic carbocycles. The van der Waals surface area contributed by atoms with Gasteiger partial charge in [-0.25, -0.2) is 9.37 Å². The Labute approximate surface area is 174 Å². The zero-order chi connectivity index (χ0) is 21.0. The Morgan fingerprint density at radius 3 is 2.77 bits per heavy atom. The molecule has 0 unspecified atom stereocenters. The molecule has 5 rings (SSSR count). The van der Waals surface area contributed by atoms with E-state index in [0.717, 1.165) is 5.39 Å². The molecule has 9 heteroatoms. The van der Waals surface area contributed by atoms with Crippen LogP contribution in [0.4, 0.5) is 15.8 Å². The lowest BCUT2D eigenvalue weighted by molar-refractivity contribution is 0.632. The first kappa shape index (κ1) is 18.4. The average molecular weight is 423 g/mol. The van der Waals surface area contributed by atoms with Crippen molar-refractivity contribution in [2.45, 2.75) is 0 Å². The summed E-state index contributed by atoms with van der Waals surface area (Å²) in [5.74, 6) is -0.480. The number of H-pyrrole nitrogens is 1. The van der Waals surface area contributed by atoms with Gasteiger partial charge < -0.3 is 14.9 Å². The summed E-state index contributed by atoms with van der Waals surface area (Å²) >= 11 is 5.88. The number of aryl methyl sites for hydroxylation is 2. The number of hydrogen-bond donors (Lipinski definition) is 2. The second-order valence-corrected chi connectivity index (χ2v) is 7.51. The summed E-state index contributed by atoms with van der Waals surface area (Å²) in [4.78, 5) is 20.4. The maximum absolute atomic E-state index is 14.5. The molecule has 0 aliphatic rings. The standard InChI is InChI=1S/C21H16ClFN6O/c1-28-9-13(18-14(21(28)30)10-29(2)27-18)19-17(7-11-5-6-24-20(11)26-19)25-16-4-3-12(22)8-15(16)23/h3-10,25H,1-2H3,(H,24,26). The van der Waals surface area contributed by atoms with E-state index in [9.17, 15) is 9.18 Å². The van der Waals surface area contributed by atoms with Gasteiger partial charge >= 0.3 is 0 Å². The van der Waals surface area contributed by atoms with Crippen molar-refractivity contribution in [3.05, 3.63) is 70.1 Å². The Kier molecular flexibility index (Phi) is 4.11. The number of nitrogens with one attached hydrogen (secondary N) is 2. The van der Waals surface area contributed by atoms with Crippen molar-refractivity contribution >= 4 is 44.9 Å². The molecular weight excluding hydrogens is 407 g/mol. The van der Waals surface area contributed by atoms with Gasteiger partial charge in [0.1, 0.15) is 17.0 Å². The van der Waals surface area contributed by atoms with E-state index in [2.05, 4.69) is 15.4 Å². The normalized spacial score (nSPS) is 11.5. The number of halogens is 2. The minimum atomic E-state index is -0.480. The van der Waals surface area contributed by atoms with Crippen LogP contribution in [0.25, 0.3) is 33.2 Å². The number of aromatic nitrogens is 5. The molecule has 0 atom stereocenters. The van der Waals surface area contributed by atoms with Crippen molar-refractivity contribution in [2.75, 3.05) is 5.32 Å². The van der Waals surface area contributed by atoms with E-state index < -0.39 is 5.82 Å². The second kappa shape index (κ2) is 6.70. The molecule has 4 aromatic heterocycles. The van der Waals surface area contributed by atoms with Crippen LogP contribution in [-0.2, 0) is 14.1 Å². The number of benzene rings is 1. The molecule has 0 saturated carbocycles. The lowest BCUT2D eigenvalue weighted by Crippen LogP contribution is -2.16. The van der Waals surface area contributed by atoms with Crippen molar-refractivity contribution < 1.29 is 4.39 Å². The maximum atomic E-state index is 14.5. The third-order valence-corrected chi connectivity index (χ3v) is 5.18. The molecule has 0 spiro atoms. The van der Waals surface area contributed by atoms with E-state index in [1.165, 1.54) is 10.6 Å². The first-order valence-corrected chi connectivity index (χ1v) is 9.52. The molecule has 0 saturated heterocycles. The highest BCUT2D eigenvalue weighted by Crippen LogP contribution is 2.35. The lowest BCUT2D eigenvalue weighted by atomic mass is 10.1. The van der Waals surface area contributed by atoms with Gasteiger partial charge in [-0.1, -0.05) is 11.6 Å². The number of hydrogen-bond acceptors (Lipinski definition) is 4. The van der Waals surface area contributed by atoms with Crippen LogP contribution in [0.2, 0.25) is 5.02 Å². The van der Waals surface area contributed by atoms with Crippen LogP contribution in [0, 0.1) is 5.82 Å². The zero-order valence-electron chi connectivity index (χ0n) is 16.1. The Hall–Kier alpha value is -3.65. The molecule has 5 aromatic rings.